The molecule has 2 rings (SSSR count). The molecule has 1 aliphatic rings. The molecule has 4 heteroatoms. The standard InChI is InChI=1S/C15H21NO3/c1-15(2,3)19-14(17)16-9-12(10-16)11-6-5-7-13(8-11)18-4/h5-8,12H,9-10H2,1-4H3. The van der Waals surface area contributed by atoms with Crippen LogP contribution in [0.4, 0.5) is 4.79 Å². The molecular weight excluding hydrogens is 242 g/mol. The molecule has 0 atom stereocenters. The van der Waals surface area contributed by atoms with Gasteiger partial charge in [-0.2, -0.15) is 0 Å². The second-order valence-corrected chi connectivity index (χ2v) is 5.86. The fraction of sp³-hybridized carbons (Fsp3) is 0.533. The number of amides is 1. The molecule has 0 bridgehead atoms. The summed E-state index contributed by atoms with van der Waals surface area (Å²) in [5.74, 6) is 1.23. The van der Waals surface area contributed by atoms with Gasteiger partial charge in [-0.25, -0.2) is 4.79 Å². The number of hydrogen-bond donors (Lipinski definition) is 0. The Morgan fingerprint density at radius 2 is 2.00 bits per heavy atom. The predicted molar refractivity (Wildman–Crippen MR) is 73.5 cm³/mol. The SMILES string of the molecule is COc1cccc(C2CN(C(=O)OC(C)(C)C)C2)c1. The van der Waals surface area contributed by atoms with Crippen molar-refractivity contribution in [1.82, 2.24) is 4.90 Å². The van der Waals surface area contributed by atoms with Crippen molar-refractivity contribution in [3.8, 4) is 5.75 Å². The highest BCUT2D eigenvalue weighted by Gasteiger charge is 2.34. The maximum atomic E-state index is 11.8. The molecule has 0 aliphatic carbocycles. The molecule has 19 heavy (non-hydrogen) atoms. The number of ether oxygens (including phenoxy) is 2. The molecule has 1 amide bonds. The molecular formula is C15H21NO3. The first-order chi connectivity index (χ1) is 8.89. The molecule has 0 unspecified atom stereocenters. The van der Waals surface area contributed by atoms with Crippen molar-refractivity contribution in [2.75, 3.05) is 20.2 Å². The van der Waals surface area contributed by atoms with Crippen LogP contribution in [0.1, 0.15) is 32.3 Å². The number of rotatable bonds is 2. The summed E-state index contributed by atoms with van der Waals surface area (Å²) in [7, 11) is 1.66. The van der Waals surface area contributed by atoms with Crippen molar-refractivity contribution < 1.29 is 14.3 Å². The van der Waals surface area contributed by atoms with E-state index in [1.807, 2.05) is 39.0 Å². The molecule has 0 radical (unpaired) electrons. The van der Waals surface area contributed by atoms with Gasteiger partial charge in [0, 0.05) is 19.0 Å². The Balaban J connectivity index is 1.90. The molecule has 1 heterocycles. The lowest BCUT2D eigenvalue weighted by atomic mass is 9.92. The van der Waals surface area contributed by atoms with E-state index in [0.29, 0.717) is 19.0 Å². The normalized spacial score (nSPS) is 15.9. The van der Waals surface area contributed by atoms with Crippen LogP contribution < -0.4 is 4.74 Å². The van der Waals surface area contributed by atoms with E-state index in [1.165, 1.54) is 5.56 Å². The van der Waals surface area contributed by atoms with Gasteiger partial charge < -0.3 is 14.4 Å². The van der Waals surface area contributed by atoms with Crippen LogP contribution in [0.5, 0.6) is 5.75 Å². The van der Waals surface area contributed by atoms with E-state index in [-0.39, 0.29) is 6.09 Å². The number of hydrogen-bond acceptors (Lipinski definition) is 3. The van der Waals surface area contributed by atoms with Crippen LogP contribution in [0, 0.1) is 0 Å². The van der Waals surface area contributed by atoms with E-state index >= 15 is 0 Å². The average molecular weight is 263 g/mol. The van der Waals surface area contributed by atoms with Crippen LogP contribution in [0.2, 0.25) is 0 Å². The second kappa shape index (κ2) is 5.11. The van der Waals surface area contributed by atoms with E-state index in [0.717, 1.165) is 5.75 Å². The first-order valence-electron chi connectivity index (χ1n) is 6.51. The summed E-state index contributed by atoms with van der Waals surface area (Å²) in [5.41, 5.74) is 0.775. The Morgan fingerprint density at radius 3 is 2.58 bits per heavy atom. The molecule has 4 nitrogen and oxygen atoms in total. The van der Waals surface area contributed by atoms with Crippen LogP contribution >= 0.6 is 0 Å². The van der Waals surface area contributed by atoms with E-state index in [4.69, 9.17) is 9.47 Å². The van der Waals surface area contributed by atoms with E-state index in [9.17, 15) is 4.79 Å². The van der Waals surface area contributed by atoms with Crippen LogP contribution in [0.25, 0.3) is 0 Å². The van der Waals surface area contributed by atoms with Gasteiger partial charge in [0.2, 0.25) is 0 Å². The number of nitrogens with zero attached hydrogens (tertiary/aromatic N) is 1. The highest BCUT2D eigenvalue weighted by molar-refractivity contribution is 5.69. The van der Waals surface area contributed by atoms with Crippen molar-refractivity contribution in [3.05, 3.63) is 29.8 Å². The third kappa shape index (κ3) is 3.40. The summed E-state index contributed by atoms with van der Waals surface area (Å²) < 4.78 is 10.5. The third-order valence-electron chi connectivity index (χ3n) is 3.10. The summed E-state index contributed by atoms with van der Waals surface area (Å²) in [6.45, 7) is 7.06. The summed E-state index contributed by atoms with van der Waals surface area (Å²) in [5, 5.41) is 0. The minimum atomic E-state index is -0.432. The van der Waals surface area contributed by atoms with Crippen LogP contribution in [-0.2, 0) is 4.74 Å². The van der Waals surface area contributed by atoms with Gasteiger partial charge in [0.15, 0.2) is 0 Å². The number of carbonyl (C=O) groups excluding carboxylic acids is 1. The molecule has 0 saturated carbocycles. The average Bonchev–Trinajstić information content (AvgIpc) is 2.25. The third-order valence-corrected chi connectivity index (χ3v) is 3.10. The van der Waals surface area contributed by atoms with E-state index in [1.54, 1.807) is 12.0 Å². The monoisotopic (exact) mass is 263 g/mol. The predicted octanol–water partition coefficient (Wildman–Crippen LogP) is 3.03. The van der Waals surface area contributed by atoms with Crippen molar-refractivity contribution in [2.24, 2.45) is 0 Å². The second-order valence-electron chi connectivity index (χ2n) is 5.86. The van der Waals surface area contributed by atoms with Crippen molar-refractivity contribution in [3.63, 3.8) is 0 Å². The summed E-state index contributed by atoms with van der Waals surface area (Å²) in [6.07, 6.45) is -0.230. The van der Waals surface area contributed by atoms with Crippen molar-refractivity contribution in [1.29, 1.82) is 0 Å². The minimum Gasteiger partial charge on any atom is -0.497 e. The number of carbonyl (C=O) groups is 1. The van der Waals surface area contributed by atoms with E-state index < -0.39 is 5.60 Å². The van der Waals surface area contributed by atoms with Gasteiger partial charge in [-0.05, 0) is 38.5 Å². The molecule has 0 aromatic heterocycles. The Morgan fingerprint density at radius 1 is 1.32 bits per heavy atom. The van der Waals surface area contributed by atoms with Gasteiger partial charge in [-0.15, -0.1) is 0 Å². The first-order valence-corrected chi connectivity index (χ1v) is 6.51. The highest BCUT2D eigenvalue weighted by Crippen LogP contribution is 2.30. The Bertz CT molecular complexity index is 459. The van der Waals surface area contributed by atoms with Gasteiger partial charge in [0.25, 0.3) is 0 Å². The molecule has 1 aliphatic heterocycles. The molecule has 0 N–H and O–H groups in total. The van der Waals surface area contributed by atoms with Crippen molar-refractivity contribution in [2.45, 2.75) is 32.3 Å². The maximum Gasteiger partial charge on any atom is 0.410 e. The lowest BCUT2D eigenvalue weighted by Gasteiger charge is -2.40. The molecule has 0 spiro atoms. The zero-order chi connectivity index (χ0) is 14.0. The zero-order valence-corrected chi connectivity index (χ0v) is 12.0. The fourth-order valence-corrected chi connectivity index (χ4v) is 2.06. The smallest absolute Gasteiger partial charge is 0.410 e. The molecule has 1 aromatic carbocycles. The largest absolute Gasteiger partial charge is 0.497 e. The summed E-state index contributed by atoms with van der Waals surface area (Å²) in [6, 6.07) is 7.99. The quantitative estimate of drug-likeness (QED) is 0.823. The highest BCUT2D eigenvalue weighted by atomic mass is 16.6. The molecule has 104 valence electrons. The Labute approximate surface area is 114 Å². The van der Waals surface area contributed by atoms with Crippen LogP contribution in [-0.4, -0.2) is 36.8 Å². The van der Waals surface area contributed by atoms with Crippen molar-refractivity contribution >= 4 is 6.09 Å². The number of likely N-dealkylation sites (tertiary alicyclic amines) is 1. The number of benzene rings is 1. The molecule has 1 aromatic rings. The molecule has 1 saturated heterocycles. The first kappa shape index (κ1) is 13.7. The van der Waals surface area contributed by atoms with Gasteiger partial charge in [-0.1, -0.05) is 12.1 Å². The number of methoxy groups -OCH3 is 1. The minimum absolute atomic E-state index is 0.230. The zero-order valence-electron chi connectivity index (χ0n) is 12.0. The maximum absolute atomic E-state index is 11.8. The molecule has 1 fully saturated rings. The Kier molecular flexibility index (Phi) is 3.69. The lowest BCUT2D eigenvalue weighted by Crippen LogP contribution is -2.50. The van der Waals surface area contributed by atoms with E-state index in [2.05, 4.69) is 6.07 Å². The van der Waals surface area contributed by atoms with Gasteiger partial charge in [-0.3, -0.25) is 0 Å². The fourth-order valence-electron chi connectivity index (χ4n) is 2.06. The van der Waals surface area contributed by atoms with Gasteiger partial charge >= 0.3 is 6.09 Å². The Hall–Kier alpha value is -1.71. The summed E-state index contributed by atoms with van der Waals surface area (Å²) >= 11 is 0. The van der Waals surface area contributed by atoms with Crippen LogP contribution in [0.3, 0.4) is 0 Å². The summed E-state index contributed by atoms with van der Waals surface area (Å²) in [4.78, 5) is 13.6. The van der Waals surface area contributed by atoms with Gasteiger partial charge in [0.05, 0.1) is 7.11 Å². The van der Waals surface area contributed by atoms with Crippen LogP contribution in [0.15, 0.2) is 24.3 Å². The topological polar surface area (TPSA) is 38.8 Å². The lowest BCUT2D eigenvalue weighted by molar-refractivity contribution is 0.00819. The van der Waals surface area contributed by atoms with Gasteiger partial charge in [0.1, 0.15) is 11.4 Å².